The van der Waals surface area contributed by atoms with Crippen molar-refractivity contribution in [1.82, 2.24) is 4.57 Å². The fourth-order valence-electron chi connectivity index (χ4n) is 2.18. The molecule has 0 saturated carbocycles. The Labute approximate surface area is 174 Å². The lowest BCUT2D eigenvalue weighted by Crippen LogP contribution is -2.07. The summed E-state index contributed by atoms with van der Waals surface area (Å²) in [5.74, 6) is 0. The molecule has 0 N–H and O–H groups in total. The summed E-state index contributed by atoms with van der Waals surface area (Å²) in [4.78, 5) is -0.00275. The van der Waals surface area contributed by atoms with Crippen LogP contribution in [0.15, 0.2) is 17.0 Å². The summed E-state index contributed by atoms with van der Waals surface area (Å²) >= 11 is 29.1. The highest BCUT2D eigenvalue weighted by Gasteiger charge is 2.34. The molecule has 12 heteroatoms. The van der Waals surface area contributed by atoms with Crippen LogP contribution in [0.25, 0.3) is 5.69 Å². The zero-order valence-corrected chi connectivity index (χ0v) is 17.0. The second-order valence-electron chi connectivity index (χ2n) is 4.86. The van der Waals surface area contributed by atoms with E-state index < -0.39 is 15.7 Å². The maximum Gasteiger partial charge on any atom is 0.416 e. The molecule has 26 heavy (non-hydrogen) atoms. The Morgan fingerprint density at radius 1 is 1.08 bits per heavy atom. The van der Waals surface area contributed by atoms with Gasteiger partial charge in [0.1, 0.15) is 16.8 Å². The quantitative estimate of drug-likeness (QED) is 0.252. The number of aromatic nitrogens is 1. The largest absolute Gasteiger partial charge is 0.416 e. The van der Waals surface area contributed by atoms with E-state index in [0.29, 0.717) is 23.9 Å². The van der Waals surface area contributed by atoms with E-state index in [1.807, 2.05) is 0 Å². The second kappa shape index (κ2) is 7.50. The SMILES string of the molecule is Cc1c(SC(F)(Cl)Cl)c(C#N)c(Cl)n1-c1c(Cl)cc(C(F)(F)F)cc1Cl. The molecule has 0 saturated heterocycles. The minimum atomic E-state index is -4.66. The van der Waals surface area contributed by atoms with E-state index in [4.69, 9.17) is 58.0 Å². The first-order valence-corrected chi connectivity index (χ1v) is 9.11. The number of nitrogens with zero attached hydrogens (tertiary/aromatic N) is 2. The van der Waals surface area contributed by atoms with Gasteiger partial charge in [-0.2, -0.15) is 22.8 Å². The Kier molecular flexibility index (Phi) is 6.29. The van der Waals surface area contributed by atoms with Crippen molar-refractivity contribution in [1.29, 1.82) is 5.26 Å². The van der Waals surface area contributed by atoms with Crippen molar-refractivity contribution < 1.29 is 17.6 Å². The number of thioether (sulfide) groups is 1. The number of rotatable bonds is 3. The van der Waals surface area contributed by atoms with Crippen molar-refractivity contribution in [3.63, 3.8) is 0 Å². The zero-order valence-electron chi connectivity index (χ0n) is 12.4. The predicted molar refractivity (Wildman–Crippen MR) is 96.7 cm³/mol. The van der Waals surface area contributed by atoms with Gasteiger partial charge in [0, 0.05) is 5.69 Å². The molecule has 2 nitrogen and oxygen atoms in total. The summed E-state index contributed by atoms with van der Waals surface area (Å²) in [6, 6.07) is 3.10. The molecule has 0 unspecified atom stereocenters. The van der Waals surface area contributed by atoms with Gasteiger partial charge in [-0.15, -0.1) is 0 Å². The highest BCUT2D eigenvalue weighted by molar-refractivity contribution is 8.03. The summed E-state index contributed by atoms with van der Waals surface area (Å²) in [5.41, 5.74) is -1.16. The molecule has 0 aliphatic carbocycles. The van der Waals surface area contributed by atoms with Gasteiger partial charge in [-0.05, 0) is 30.8 Å². The summed E-state index contributed by atoms with van der Waals surface area (Å²) in [7, 11) is 0. The van der Waals surface area contributed by atoms with Gasteiger partial charge in [-0.25, -0.2) is 0 Å². The number of nitriles is 1. The summed E-state index contributed by atoms with van der Waals surface area (Å²) in [6.07, 6.45) is -4.66. The van der Waals surface area contributed by atoms with E-state index in [1.54, 1.807) is 6.07 Å². The molecular formula is C14H5Cl5F4N2S. The number of hydrogen-bond acceptors (Lipinski definition) is 2. The summed E-state index contributed by atoms with van der Waals surface area (Å²) in [6.45, 7) is 1.43. The van der Waals surface area contributed by atoms with Crippen LogP contribution in [0.2, 0.25) is 15.2 Å². The molecule has 2 aromatic rings. The summed E-state index contributed by atoms with van der Waals surface area (Å²) < 4.78 is 50.6. The molecular weight excluding hydrogens is 481 g/mol. The van der Waals surface area contributed by atoms with Crippen molar-refractivity contribution in [3.05, 3.63) is 44.2 Å². The zero-order chi connectivity index (χ0) is 20.0. The third-order valence-corrected chi connectivity index (χ3v) is 5.52. The van der Waals surface area contributed by atoms with Crippen LogP contribution in [0.5, 0.6) is 0 Å². The Morgan fingerprint density at radius 3 is 1.96 bits per heavy atom. The van der Waals surface area contributed by atoms with Gasteiger partial charge in [-0.3, -0.25) is 4.57 Å². The molecule has 0 aliphatic heterocycles. The molecule has 0 spiro atoms. The van der Waals surface area contributed by atoms with Crippen LogP contribution in [-0.4, -0.2) is 8.49 Å². The molecule has 1 heterocycles. The van der Waals surface area contributed by atoms with Gasteiger partial charge in [0.15, 0.2) is 0 Å². The highest BCUT2D eigenvalue weighted by Crippen LogP contribution is 2.48. The smallest absolute Gasteiger partial charge is 0.300 e. The van der Waals surface area contributed by atoms with E-state index in [-0.39, 0.29) is 37.0 Å². The molecule has 1 aromatic carbocycles. The van der Waals surface area contributed by atoms with Gasteiger partial charge in [-0.1, -0.05) is 58.0 Å². The van der Waals surface area contributed by atoms with E-state index in [2.05, 4.69) is 0 Å². The predicted octanol–water partition coefficient (Wildman–Crippen LogP) is 7.79. The first-order valence-electron chi connectivity index (χ1n) is 6.41. The lowest BCUT2D eigenvalue weighted by molar-refractivity contribution is -0.137. The van der Waals surface area contributed by atoms with Crippen LogP contribution in [0.1, 0.15) is 16.8 Å². The van der Waals surface area contributed by atoms with Crippen LogP contribution < -0.4 is 0 Å². The van der Waals surface area contributed by atoms with Gasteiger partial charge < -0.3 is 0 Å². The highest BCUT2D eigenvalue weighted by atomic mass is 35.5. The van der Waals surface area contributed by atoms with Crippen LogP contribution in [0.4, 0.5) is 17.6 Å². The van der Waals surface area contributed by atoms with Gasteiger partial charge in [0.25, 0.3) is 0 Å². The summed E-state index contributed by atoms with van der Waals surface area (Å²) in [5, 5.41) is 8.32. The Morgan fingerprint density at radius 2 is 1.58 bits per heavy atom. The third-order valence-electron chi connectivity index (χ3n) is 3.19. The van der Waals surface area contributed by atoms with Crippen LogP contribution in [0.3, 0.4) is 0 Å². The topological polar surface area (TPSA) is 28.7 Å². The van der Waals surface area contributed by atoms with Crippen molar-refractivity contribution in [2.75, 3.05) is 0 Å². The fraction of sp³-hybridized carbons (Fsp3) is 0.214. The molecule has 1 aromatic heterocycles. The molecule has 0 bridgehead atoms. The van der Waals surface area contributed by atoms with Gasteiger partial charge in [0.2, 0.25) is 0 Å². The molecule has 0 atom stereocenters. The van der Waals surface area contributed by atoms with Crippen molar-refractivity contribution in [2.45, 2.75) is 21.9 Å². The minimum Gasteiger partial charge on any atom is -0.300 e. The molecule has 0 fully saturated rings. The molecule has 140 valence electrons. The first-order chi connectivity index (χ1) is 11.8. The standard InChI is InChI=1S/C14H5Cl5F4N2S/c1-5-11(26-14(18,19)23)7(4-24)12(17)25(5)10-8(15)2-6(3-9(10)16)13(20,21)22/h2-3H,1H3. The molecule has 2 rings (SSSR count). The lowest BCUT2D eigenvalue weighted by Gasteiger charge is -2.16. The molecule has 0 radical (unpaired) electrons. The number of benzene rings is 1. The lowest BCUT2D eigenvalue weighted by atomic mass is 10.2. The van der Waals surface area contributed by atoms with Crippen molar-refractivity contribution >= 4 is 69.8 Å². The Bertz CT molecular complexity index is 889. The van der Waals surface area contributed by atoms with E-state index in [0.717, 1.165) is 4.57 Å². The van der Waals surface area contributed by atoms with Crippen molar-refractivity contribution in [3.8, 4) is 11.8 Å². The molecule has 0 aliphatic rings. The third kappa shape index (κ3) is 4.32. The Balaban J connectivity index is 2.77. The van der Waals surface area contributed by atoms with Gasteiger partial charge >= 0.3 is 10.1 Å². The van der Waals surface area contributed by atoms with Crippen LogP contribution in [-0.2, 0) is 6.18 Å². The van der Waals surface area contributed by atoms with Crippen LogP contribution in [0, 0.1) is 18.3 Å². The molecule has 0 amide bonds. The average molecular weight is 487 g/mol. The van der Waals surface area contributed by atoms with E-state index in [9.17, 15) is 22.8 Å². The minimum absolute atomic E-state index is 0.00275. The monoisotopic (exact) mass is 484 g/mol. The van der Waals surface area contributed by atoms with Crippen molar-refractivity contribution in [2.24, 2.45) is 0 Å². The Hall–Kier alpha value is -0.490. The maximum atomic E-state index is 13.6. The number of alkyl halides is 6. The average Bonchev–Trinajstić information content (AvgIpc) is 2.68. The number of hydrogen-bond donors (Lipinski definition) is 0. The second-order valence-corrected chi connectivity index (χ2v) is 8.89. The van der Waals surface area contributed by atoms with E-state index >= 15 is 0 Å². The first kappa shape index (κ1) is 21.8. The fourth-order valence-corrected chi connectivity index (χ4v) is 4.42. The van der Waals surface area contributed by atoms with E-state index in [1.165, 1.54) is 6.92 Å². The van der Waals surface area contributed by atoms with Gasteiger partial charge in [0.05, 0.1) is 26.2 Å². The number of halogens is 9. The maximum absolute atomic E-state index is 13.6. The normalized spacial score (nSPS) is 12.3. The van der Waals surface area contributed by atoms with Crippen LogP contribution >= 0.6 is 69.8 Å².